The molecule has 4 nitrogen and oxygen atoms in total. The molecule has 1 atom stereocenters. The van der Waals surface area contributed by atoms with Gasteiger partial charge in [-0.05, 0) is 49.4 Å². The molecule has 0 aliphatic rings. The van der Waals surface area contributed by atoms with Crippen molar-refractivity contribution in [3.05, 3.63) is 53.3 Å². The lowest BCUT2D eigenvalue weighted by atomic mass is 10.2. The lowest BCUT2D eigenvalue weighted by Gasteiger charge is -2.13. The third-order valence-electron chi connectivity index (χ3n) is 3.04. The largest absolute Gasteiger partial charge is 0.326 e. The zero-order chi connectivity index (χ0) is 17.7. The molecule has 2 rings (SSSR count). The molecule has 7 heteroatoms. The number of nitrogens with one attached hydrogen (secondary N) is 2. The summed E-state index contributed by atoms with van der Waals surface area (Å²) in [5.74, 6) is -1.18. The highest BCUT2D eigenvalue weighted by Gasteiger charge is 2.16. The van der Waals surface area contributed by atoms with Crippen molar-refractivity contribution in [1.29, 1.82) is 0 Å². The monoisotopic (exact) mass is 366 g/mol. The quantitative estimate of drug-likeness (QED) is 0.763. The van der Waals surface area contributed by atoms with Crippen LogP contribution in [0.4, 0.5) is 15.8 Å². The summed E-state index contributed by atoms with van der Waals surface area (Å²) in [6, 6.07) is 11.1. The second-order valence-corrected chi connectivity index (χ2v) is 6.93. The first-order chi connectivity index (χ1) is 11.3. The summed E-state index contributed by atoms with van der Waals surface area (Å²) in [4.78, 5) is 24.2. The van der Waals surface area contributed by atoms with E-state index in [0.29, 0.717) is 10.7 Å². The Balaban J connectivity index is 2.05. The molecule has 0 aromatic heterocycles. The average Bonchev–Trinajstić information content (AvgIpc) is 2.52. The van der Waals surface area contributed by atoms with Crippen LogP contribution < -0.4 is 10.6 Å². The summed E-state index contributed by atoms with van der Waals surface area (Å²) in [6.07, 6.45) is 0. The fourth-order valence-electron chi connectivity index (χ4n) is 1.91. The SMILES string of the molecule is CC(=O)Nc1ccc(F)c(NC(=O)C(C)Sc2ccc(Cl)cc2)c1. The normalized spacial score (nSPS) is 11.7. The van der Waals surface area contributed by atoms with Crippen molar-refractivity contribution in [2.24, 2.45) is 0 Å². The van der Waals surface area contributed by atoms with Gasteiger partial charge in [-0.15, -0.1) is 11.8 Å². The number of thioether (sulfide) groups is 1. The molecule has 2 amide bonds. The molecule has 24 heavy (non-hydrogen) atoms. The zero-order valence-electron chi connectivity index (χ0n) is 13.1. The highest BCUT2D eigenvalue weighted by molar-refractivity contribution is 8.00. The summed E-state index contributed by atoms with van der Waals surface area (Å²) >= 11 is 7.16. The van der Waals surface area contributed by atoms with E-state index in [0.717, 1.165) is 4.90 Å². The molecule has 0 heterocycles. The van der Waals surface area contributed by atoms with Gasteiger partial charge in [0.05, 0.1) is 10.9 Å². The summed E-state index contributed by atoms with van der Waals surface area (Å²) in [7, 11) is 0. The predicted molar refractivity (Wildman–Crippen MR) is 96.1 cm³/mol. The Hall–Kier alpha value is -2.05. The van der Waals surface area contributed by atoms with Crippen LogP contribution in [0, 0.1) is 5.82 Å². The lowest BCUT2D eigenvalue weighted by molar-refractivity contribution is -0.115. The van der Waals surface area contributed by atoms with Crippen molar-refractivity contribution in [3.63, 3.8) is 0 Å². The Labute approximate surface area is 148 Å². The van der Waals surface area contributed by atoms with Crippen LogP contribution in [-0.2, 0) is 9.59 Å². The Morgan fingerprint density at radius 1 is 1.12 bits per heavy atom. The van der Waals surface area contributed by atoms with Crippen LogP contribution in [0.2, 0.25) is 5.02 Å². The topological polar surface area (TPSA) is 58.2 Å². The van der Waals surface area contributed by atoms with Crippen molar-refractivity contribution in [2.45, 2.75) is 24.0 Å². The minimum Gasteiger partial charge on any atom is -0.326 e. The second-order valence-electron chi connectivity index (χ2n) is 5.08. The van der Waals surface area contributed by atoms with E-state index >= 15 is 0 Å². The number of carbonyl (C=O) groups excluding carboxylic acids is 2. The number of anilines is 2. The molecule has 1 unspecified atom stereocenters. The Morgan fingerprint density at radius 3 is 2.42 bits per heavy atom. The number of amides is 2. The summed E-state index contributed by atoms with van der Waals surface area (Å²) in [6.45, 7) is 3.08. The van der Waals surface area contributed by atoms with Crippen LogP contribution in [0.15, 0.2) is 47.4 Å². The van der Waals surface area contributed by atoms with Gasteiger partial charge >= 0.3 is 0 Å². The van der Waals surface area contributed by atoms with Crippen LogP contribution in [0.1, 0.15) is 13.8 Å². The van der Waals surface area contributed by atoms with Crippen LogP contribution >= 0.6 is 23.4 Å². The number of halogens is 2. The third kappa shape index (κ3) is 5.25. The number of rotatable bonds is 5. The lowest BCUT2D eigenvalue weighted by Crippen LogP contribution is -2.23. The minimum atomic E-state index is -0.568. The first-order valence-corrected chi connectivity index (χ1v) is 8.41. The molecular formula is C17H16ClFN2O2S. The van der Waals surface area contributed by atoms with Crippen LogP contribution in [0.5, 0.6) is 0 Å². The fourth-order valence-corrected chi connectivity index (χ4v) is 2.90. The van der Waals surface area contributed by atoms with Crippen molar-refractivity contribution in [2.75, 3.05) is 10.6 Å². The molecule has 2 aromatic rings. The van der Waals surface area contributed by atoms with Crippen molar-refractivity contribution in [1.82, 2.24) is 0 Å². The number of benzene rings is 2. The van der Waals surface area contributed by atoms with Crippen LogP contribution in [-0.4, -0.2) is 17.1 Å². The molecular weight excluding hydrogens is 351 g/mol. The highest BCUT2D eigenvalue weighted by Crippen LogP contribution is 2.26. The van der Waals surface area contributed by atoms with Gasteiger partial charge in [-0.3, -0.25) is 9.59 Å². The Bertz CT molecular complexity index is 753. The number of hydrogen-bond donors (Lipinski definition) is 2. The standard InChI is InChI=1S/C17H16ClFN2O2S/c1-10(24-14-6-3-12(18)4-7-14)17(23)21-16-9-13(20-11(2)22)5-8-15(16)19/h3-10H,1-2H3,(H,20,22)(H,21,23). The van der Waals surface area contributed by atoms with E-state index in [9.17, 15) is 14.0 Å². The van der Waals surface area contributed by atoms with Gasteiger partial charge in [0.25, 0.3) is 0 Å². The molecule has 2 aromatic carbocycles. The van der Waals surface area contributed by atoms with Gasteiger partial charge in [0.2, 0.25) is 11.8 Å². The van der Waals surface area contributed by atoms with Gasteiger partial charge in [-0.1, -0.05) is 11.6 Å². The molecule has 0 saturated carbocycles. The number of carbonyl (C=O) groups is 2. The predicted octanol–water partition coefficient (Wildman–Crippen LogP) is 4.56. The van der Waals surface area contributed by atoms with E-state index in [1.54, 1.807) is 19.1 Å². The zero-order valence-corrected chi connectivity index (χ0v) is 14.7. The average molecular weight is 367 g/mol. The van der Waals surface area contributed by atoms with Gasteiger partial charge in [0, 0.05) is 22.5 Å². The number of hydrogen-bond acceptors (Lipinski definition) is 3. The van der Waals surface area contributed by atoms with Gasteiger partial charge in [0.1, 0.15) is 5.82 Å². The maximum atomic E-state index is 13.9. The van der Waals surface area contributed by atoms with Gasteiger partial charge in [0.15, 0.2) is 0 Å². The first-order valence-electron chi connectivity index (χ1n) is 7.15. The first kappa shape index (κ1) is 18.3. The van der Waals surface area contributed by atoms with Gasteiger partial charge in [-0.25, -0.2) is 4.39 Å². The molecule has 0 fully saturated rings. The van der Waals surface area contributed by atoms with Crippen LogP contribution in [0.25, 0.3) is 0 Å². The molecule has 0 bridgehead atoms. The minimum absolute atomic E-state index is 0.0230. The molecule has 0 aliphatic heterocycles. The van der Waals surface area contributed by atoms with Crippen molar-refractivity contribution >= 4 is 46.6 Å². The maximum Gasteiger partial charge on any atom is 0.237 e. The summed E-state index contributed by atoms with van der Waals surface area (Å²) in [5, 5.41) is 5.27. The van der Waals surface area contributed by atoms with E-state index in [4.69, 9.17) is 11.6 Å². The second kappa shape index (κ2) is 8.17. The van der Waals surface area contributed by atoms with E-state index in [-0.39, 0.29) is 17.5 Å². The van der Waals surface area contributed by atoms with Gasteiger partial charge in [-0.2, -0.15) is 0 Å². The molecule has 0 spiro atoms. The Kier molecular flexibility index (Phi) is 6.23. The summed E-state index contributed by atoms with van der Waals surface area (Å²) in [5.41, 5.74) is 0.437. The van der Waals surface area contributed by atoms with Crippen molar-refractivity contribution < 1.29 is 14.0 Å². The highest BCUT2D eigenvalue weighted by atomic mass is 35.5. The Morgan fingerprint density at radius 2 is 1.79 bits per heavy atom. The molecule has 126 valence electrons. The van der Waals surface area contributed by atoms with Gasteiger partial charge < -0.3 is 10.6 Å². The van der Waals surface area contributed by atoms with Crippen molar-refractivity contribution in [3.8, 4) is 0 Å². The van der Waals surface area contributed by atoms with E-state index in [1.807, 2.05) is 12.1 Å². The van der Waals surface area contributed by atoms with E-state index in [1.165, 1.54) is 36.9 Å². The van der Waals surface area contributed by atoms with E-state index < -0.39 is 11.1 Å². The maximum absolute atomic E-state index is 13.9. The summed E-state index contributed by atoms with van der Waals surface area (Å²) < 4.78 is 13.9. The molecule has 2 N–H and O–H groups in total. The van der Waals surface area contributed by atoms with Crippen LogP contribution in [0.3, 0.4) is 0 Å². The molecule has 0 aliphatic carbocycles. The molecule has 0 radical (unpaired) electrons. The third-order valence-corrected chi connectivity index (χ3v) is 4.40. The molecule has 0 saturated heterocycles. The fraction of sp³-hybridized carbons (Fsp3) is 0.176. The van der Waals surface area contributed by atoms with E-state index in [2.05, 4.69) is 10.6 Å². The smallest absolute Gasteiger partial charge is 0.237 e.